The van der Waals surface area contributed by atoms with Gasteiger partial charge in [0.05, 0.1) is 12.2 Å². The zero-order chi connectivity index (χ0) is 19.1. The third kappa shape index (κ3) is 5.37. The number of nitrogens with zero attached hydrogens (tertiary/aromatic N) is 2. The van der Waals surface area contributed by atoms with Crippen LogP contribution in [0.2, 0.25) is 5.02 Å². The highest BCUT2D eigenvalue weighted by atomic mass is 35.5. The van der Waals surface area contributed by atoms with Crippen molar-refractivity contribution >= 4 is 17.5 Å². The van der Waals surface area contributed by atoms with Gasteiger partial charge in [0.2, 0.25) is 0 Å². The Hall–Kier alpha value is -2.24. The van der Waals surface area contributed by atoms with Gasteiger partial charge in [-0.25, -0.2) is 0 Å². The number of carbonyl (C=O) groups is 1. The second kappa shape index (κ2) is 9.62. The summed E-state index contributed by atoms with van der Waals surface area (Å²) >= 11 is 5.87. The van der Waals surface area contributed by atoms with Crippen LogP contribution in [0.25, 0.3) is 0 Å². The fourth-order valence-electron chi connectivity index (χ4n) is 3.09. The van der Waals surface area contributed by atoms with Crippen LogP contribution in [0, 0.1) is 0 Å². The maximum absolute atomic E-state index is 12.8. The van der Waals surface area contributed by atoms with Gasteiger partial charge in [0.15, 0.2) is 0 Å². The van der Waals surface area contributed by atoms with Crippen LogP contribution in [0.1, 0.15) is 17.3 Å². The summed E-state index contributed by atoms with van der Waals surface area (Å²) in [6, 6.07) is 14.8. The maximum Gasteiger partial charge on any atom is 0.257 e. The Morgan fingerprint density at radius 2 is 1.70 bits per heavy atom. The first-order chi connectivity index (χ1) is 13.2. The van der Waals surface area contributed by atoms with Gasteiger partial charge in [-0.1, -0.05) is 23.7 Å². The van der Waals surface area contributed by atoms with Crippen molar-refractivity contribution in [2.45, 2.75) is 6.92 Å². The number of para-hydroxylation sites is 1. The lowest BCUT2D eigenvalue weighted by atomic mass is 10.1. The average molecular weight is 389 g/mol. The molecule has 1 aliphatic rings. The molecule has 27 heavy (non-hydrogen) atoms. The van der Waals surface area contributed by atoms with Crippen LogP contribution in [-0.2, 0) is 0 Å². The third-order valence-electron chi connectivity index (χ3n) is 4.57. The molecular weight excluding hydrogens is 364 g/mol. The van der Waals surface area contributed by atoms with E-state index >= 15 is 0 Å². The van der Waals surface area contributed by atoms with E-state index in [9.17, 15) is 4.79 Å². The van der Waals surface area contributed by atoms with Gasteiger partial charge < -0.3 is 14.4 Å². The minimum Gasteiger partial charge on any atom is -0.493 e. The second-order valence-corrected chi connectivity index (χ2v) is 6.80. The Labute approximate surface area is 165 Å². The lowest BCUT2D eigenvalue weighted by molar-refractivity contribution is 0.0616. The molecule has 2 aromatic carbocycles. The first-order valence-corrected chi connectivity index (χ1v) is 9.67. The molecule has 6 heteroatoms. The topological polar surface area (TPSA) is 42.0 Å². The van der Waals surface area contributed by atoms with Gasteiger partial charge >= 0.3 is 0 Å². The Bertz CT molecular complexity index is 743. The molecule has 0 aromatic heterocycles. The second-order valence-electron chi connectivity index (χ2n) is 6.37. The van der Waals surface area contributed by atoms with Crippen LogP contribution in [0.15, 0.2) is 48.5 Å². The largest absolute Gasteiger partial charge is 0.493 e. The third-order valence-corrected chi connectivity index (χ3v) is 4.82. The standard InChI is InChI=1S/C21H25ClN2O3/c1-2-26-20-6-4-3-5-19(20)21(25)24-13-11-23(12-14-24)15-16-27-18-9-7-17(22)8-10-18/h3-10H,2,11-16H2,1H3. The van der Waals surface area contributed by atoms with Crippen LogP contribution < -0.4 is 9.47 Å². The fourth-order valence-corrected chi connectivity index (χ4v) is 3.22. The fraction of sp³-hybridized carbons (Fsp3) is 0.381. The Morgan fingerprint density at radius 3 is 2.41 bits per heavy atom. The molecule has 144 valence electrons. The van der Waals surface area contributed by atoms with Crippen molar-refractivity contribution in [3.05, 3.63) is 59.1 Å². The van der Waals surface area contributed by atoms with E-state index in [0.29, 0.717) is 42.6 Å². The molecule has 1 heterocycles. The molecule has 1 saturated heterocycles. The first-order valence-electron chi connectivity index (χ1n) is 9.29. The zero-order valence-electron chi connectivity index (χ0n) is 15.6. The highest BCUT2D eigenvalue weighted by Gasteiger charge is 2.24. The lowest BCUT2D eigenvalue weighted by Crippen LogP contribution is -2.49. The lowest BCUT2D eigenvalue weighted by Gasteiger charge is -2.34. The summed E-state index contributed by atoms with van der Waals surface area (Å²) in [5, 5.41) is 0.703. The van der Waals surface area contributed by atoms with E-state index in [2.05, 4.69) is 4.90 Å². The number of ether oxygens (including phenoxy) is 2. The van der Waals surface area contributed by atoms with Crippen molar-refractivity contribution in [2.24, 2.45) is 0 Å². The number of halogens is 1. The number of hydrogen-bond acceptors (Lipinski definition) is 4. The van der Waals surface area contributed by atoms with Gasteiger partial charge in [-0.3, -0.25) is 9.69 Å². The summed E-state index contributed by atoms with van der Waals surface area (Å²) in [5.74, 6) is 1.51. The van der Waals surface area contributed by atoms with Gasteiger partial charge in [0.25, 0.3) is 5.91 Å². The minimum absolute atomic E-state index is 0.0381. The van der Waals surface area contributed by atoms with Crippen molar-refractivity contribution < 1.29 is 14.3 Å². The molecule has 0 bridgehead atoms. The van der Waals surface area contributed by atoms with E-state index in [0.717, 1.165) is 25.4 Å². The van der Waals surface area contributed by atoms with Crippen LogP contribution in [0.5, 0.6) is 11.5 Å². The van der Waals surface area contributed by atoms with Gasteiger partial charge in [-0.15, -0.1) is 0 Å². The van der Waals surface area contributed by atoms with Crippen LogP contribution in [0.4, 0.5) is 0 Å². The van der Waals surface area contributed by atoms with Gasteiger partial charge in [-0.05, 0) is 43.3 Å². The molecule has 0 atom stereocenters. The summed E-state index contributed by atoms with van der Waals surface area (Å²) < 4.78 is 11.3. The van der Waals surface area contributed by atoms with Crippen molar-refractivity contribution in [3.63, 3.8) is 0 Å². The van der Waals surface area contributed by atoms with Crippen molar-refractivity contribution in [1.29, 1.82) is 0 Å². The molecule has 0 unspecified atom stereocenters. The minimum atomic E-state index is 0.0381. The molecule has 3 rings (SSSR count). The summed E-state index contributed by atoms with van der Waals surface area (Å²) in [7, 11) is 0. The summed E-state index contributed by atoms with van der Waals surface area (Å²) in [4.78, 5) is 17.0. The predicted octanol–water partition coefficient (Wildman–Crippen LogP) is 3.58. The molecule has 0 aliphatic carbocycles. The van der Waals surface area contributed by atoms with Crippen LogP contribution in [0.3, 0.4) is 0 Å². The molecular formula is C21H25ClN2O3. The Balaban J connectivity index is 1.46. The van der Waals surface area contributed by atoms with Crippen LogP contribution in [-0.4, -0.2) is 61.6 Å². The molecule has 0 saturated carbocycles. The van der Waals surface area contributed by atoms with Crippen molar-refractivity contribution in [1.82, 2.24) is 9.80 Å². The normalized spacial score (nSPS) is 14.8. The monoisotopic (exact) mass is 388 g/mol. The van der Waals surface area contributed by atoms with Gasteiger partial charge in [-0.2, -0.15) is 0 Å². The van der Waals surface area contributed by atoms with Crippen molar-refractivity contribution in [3.8, 4) is 11.5 Å². The maximum atomic E-state index is 12.8. The molecule has 1 fully saturated rings. The summed E-state index contributed by atoms with van der Waals surface area (Å²) in [6.45, 7) is 7.01. The summed E-state index contributed by atoms with van der Waals surface area (Å²) in [5.41, 5.74) is 0.638. The highest BCUT2D eigenvalue weighted by Crippen LogP contribution is 2.21. The quantitative estimate of drug-likeness (QED) is 0.727. The molecule has 1 amide bonds. The van der Waals surface area contributed by atoms with E-state index in [1.54, 1.807) is 0 Å². The number of rotatable bonds is 7. The average Bonchev–Trinajstić information content (AvgIpc) is 2.70. The van der Waals surface area contributed by atoms with Gasteiger partial charge in [0, 0.05) is 37.7 Å². The number of benzene rings is 2. The first kappa shape index (κ1) is 19.5. The number of amides is 1. The number of piperazine rings is 1. The van der Waals surface area contributed by atoms with E-state index in [4.69, 9.17) is 21.1 Å². The number of hydrogen-bond donors (Lipinski definition) is 0. The van der Waals surface area contributed by atoms with Crippen LogP contribution >= 0.6 is 11.6 Å². The Morgan fingerprint density at radius 1 is 1.00 bits per heavy atom. The molecule has 0 radical (unpaired) electrons. The SMILES string of the molecule is CCOc1ccccc1C(=O)N1CCN(CCOc2ccc(Cl)cc2)CC1. The molecule has 1 aliphatic heterocycles. The van der Waals surface area contributed by atoms with Gasteiger partial charge in [0.1, 0.15) is 18.1 Å². The molecule has 0 spiro atoms. The smallest absolute Gasteiger partial charge is 0.257 e. The van der Waals surface area contributed by atoms with E-state index in [1.165, 1.54) is 0 Å². The van der Waals surface area contributed by atoms with E-state index < -0.39 is 0 Å². The zero-order valence-corrected chi connectivity index (χ0v) is 16.3. The summed E-state index contributed by atoms with van der Waals surface area (Å²) in [6.07, 6.45) is 0. The highest BCUT2D eigenvalue weighted by molar-refractivity contribution is 6.30. The number of carbonyl (C=O) groups excluding carboxylic acids is 1. The molecule has 2 aromatic rings. The molecule has 0 N–H and O–H groups in total. The van der Waals surface area contributed by atoms with E-state index in [-0.39, 0.29) is 5.91 Å². The van der Waals surface area contributed by atoms with E-state index in [1.807, 2.05) is 60.4 Å². The van der Waals surface area contributed by atoms with Crippen molar-refractivity contribution in [2.75, 3.05) is 45.9 Å². The molecule has 5 nitrogen and oxygen atoms in total. The Kier molecular flexibility index (Phi) is 6.96. The predicted molar refractivity (Wildman–Crippen MR) is 107 cm³/mol.